The van der Waals surface area contributed by atoms with Gasteiger partial charge in [0.2, 0.25) is 27.1 Å². The molecule has 2 aromatic heterocycles. The van der Waals surface area contributed by atoms with Crippen LogP contribution in [-0.4, -0.2) is 66.4 Å². The van der Waals surface area contributed by atoms with Crippen molar-refractivity contribution in [2.24, 2.45) is 0 Å². The molecule has 1 aliphatic carbocycles. The van der Waals surface area contributed by atoms with Gasteiger partial charge in [0.15, 0.2) is 5.82 Å². The van der Waals surface area contributed by atoms with Gasteiger partial charge in [-0.05, 0) is 43.5 Å². The molecule has 0 aliphatic heterocycles. The molecule has 0 spiro atoms. The third kappa shape index (κ3) is 5.05. The zero-order valence-corrected chi connectivity index (χ0v) is 20.3. The molecule has 1 saturated carbocycles. The van der Waals surface area contributed by atoms with E-state index in [1.165, 1.54) is 26.4 Å². The SMILES string of the molecule is Cc1cc(-c2cc(F)c3nc(C(C(=O)NCC(=O)NC4CC4)S(=O)(=O)N(C)C)sc3c2)cnn1. The minimum absolute atomic E-state index is 0.0410. The van der Waals surface area contributed by atoms with Gasteiger partial charge in [-0.25, -0.2) is 22.1 Å². The van der Waals surface area contributed by atoms with E-state index in [2.05, 4.69) is 25.8 Å². The highest BCUT2D eigenvalue weighted by atomic mass is 32.2. The zero-order chi connectivity index (χ0) is 24.6. The second-order valence-electron chi connectivity index (χ2n) is 8.21. The van der Waals surface area contributed by atoms with Crippen LogP contribution in [0, 0.1) is 12.7 Å². The van der Waals surface area contributed by atoms with E-state index in [9.17, 15) is 22.4 Å². The van der Waals surface area contributed by atoms with Crippen LogP contribution in [-0.2, 0) is 19.6 Å². The minimum Gasteiger partial charge on any atom is -0.352 e. The summed E-state index contributed by atoms with van der Waals surface area (Å²) in [6.07, 6.45) is 3.26. The van der Waals surface area contributed by atoms with E-state index < -0.39 is 32.9 Å². The number of nitrogens with zero attached hydrogens (tertiary/aromatic N) is 4. The van der Waals surface area contributed by atoms with E-state index in [1.54, 1.807) is 19.1 Å². The number of carbonyl (C=O) groups excluding carboxylic acids is 2. The van der Waals surface area contributed by atoms with E-state index in [4.69, 9.17) is 0 Å². The lowest BCUT2D eigenvalue weighted by Crippen LogP contribution is -2.43. The molecule has 0 radical (unpaired) electrons. The van der Waals surface area contributed by atoms with Crippen molar-refractivity contribution in [3.8, 4) is 11.1 Å². The number of amides is 2. The lowest BCUT2D eigenvalue weighted by Gasteiger charge is -2.19. The van der Waals surface area contributed by atoms with Gasteiger partial charge in [-0.1, -0.05) is 0 Å². The van der Waals surface area contributed by atoms with Gasteiger partial charge in [0.25, 0.3) is 0 Å². The molecule has 1 fully saturated rings. The smallest absolute Gasteiger partial charge is 0.247 e. The summed E-state index contributed by atoms with van der Waals surface area (Å²) in [6.45, 7) is 1.39. The molecule has 13 heteroatoms. The first-order valence-electron chi connectivity index (χ1n) is 10.4. The standard InChI is InChI=1S/C21H23FN6O4S2/c1-11-6-13(9-24-27-11)12-7-15(22)18-16(8-12)33-21(26-18)19(34(31,32)28(2)3)20(30)23-10-17(29)25-14-4-5-14/h6-9,14,19H,4-5,10H2,1-3H3,(H,23,30)(H,25,29). The van der Waals surface area contributed by atoms with Crippen LogP contribution in [0.15, 0.2) is 24.4 Å². The zero-order valence-electron chi connectivity index (χ0n) is 18.7. The van der Waals surface area contributed by atoms with Crippen molar-refractivity contribution >= 4 is 43.4 Å². The van der Waals surface area contributed by atoms with Crippen LogP contribution in [0.25, 0.3) is 21.3 Å². The Morgan fingerprint density at radius 1 is 1.24 bits per heavy atom. The summed E-state index contributed by atoms with van der Waals surface area (Å²) in [5, 5.41) is 11.0. The highest BCUT2D eigenvalue weighted by molar-refractivity contribution is 7.90. The van der Waals surface area contributed by atoms with Crippen molar-refractivity contribution in [1.82, 2.24) is 30.1 Å². The number of halogens is 1. The summed E-state index contributed by atoms with van der Waals surface area (Å²) in [5.74, 6) is -1.97. The van der Waals surface area contributed by atoms with E-state index >= 15 is 0 Å². The first kappa shape index (κ1) is 24.1. The van der Waals surface area contributed by atoms with E-state index in [1.807, 2.05) is 0 Å². The van der Waals surface area contributed by atoms with Gasteiger partial charge in [-0.15, -0.1) is 11.3 Å². The fraction of sp³-hybridized carbons (Fsp3) is 0.381. The Balaban J connectivity index is 1.69. The van der Waals surface area contributed by atoms with E-state index in [0.717, 1.165) is 28.5 Å². The average molecular weight is 507 g/mol. The van der Waals surface area contributed by atoms with Crippen LogP contribution in [0.4, 0.5) is 4.39 Å². The van der Waals surface area contributed by atoms with Crippen molar-refractivity contribution in [3.63, 3.8) is 0 Å². The number of nitrogens with one attached hydrogen (secondary N) is 2. The summed E-state index contributed by atoms with van der Waals surface area (Å²) in [7, 11) is -1.60. The molecule has 3 aromatic rings. The minimum atomic E-state index is -4.18. The van der Waals surface area contributed by atoms with Crippen LogP contribution in [0.2, 0.25) is 0 Å². The maximum atomic E-state index is 14.9. The molecule has 1 atom stereocenters. The molecule has 1 aromatic carbocycles. The molecular weight excluding hydrogens is 483 g/mol. The van der Waals surface area contributed by atoms with Gasteiger partial charge in [0.05, 0.1) is 23.1 Å². The van der Waals surface area contributed by atoms with Gasteiger partial charge in [0, 0.05) is 25.7 Å². The predicted octanol–water partition coefficient (Wildman–Crippen LogP) is 1.53. The Morgan fingerprint density at radius 3 is 2.62 bits per heavy atom. The number of sulfonamides is 1. The van der Waals surface area contributed by atoms with Gasteiger partial charge in [0.1, 0.15) is 10.5 Å². The van der Waals surface area contributed by atoms with E-state index in [-0.39, 0.29) is 23.1 Å². The highest BCUT2D eigenvalue weighted by Gasteiger charge is 2.39. The van der Waals surface area contributed by atoms with Crippen molar-refractivity contribution < 1.29 is 22.4 Å². The number of benzene rings is 1. The van der Waals surface area contributed by atoms with E-state index in [0.29, 0.717) is 21.5 Å². The quantitative estimate of drug-likeness (QED) is 0.473. The lowest BCUT2D eigenvalue weighted by atomic mass is 10.1. The summed E-state index contributed by atoms with van der Waals surface area (Å²) < 4.78 is 42.2. The molecule has 34 heavy (non-hydrogen) atoms. The molecule has 180 valence electrons. The fourth-order valence-corrected chi connectivity index (χ4v) is 5.86. The number of aryl methyl sites for hydroxylation is 1. The third-order valence-electron chi connectivity index (χ3n) is 5.21. The highest BCUT2D eigenvalue weighted by Crippen LogP contribution is 2.35. The lowest BCUT2D eigenvalue weighted by molar-refractivity contribution is -0.126. The molecular formula is C21H23FN6O4S2. The van der Waals surface area contributed by atoms with Crippen molar-refractivity contribution in [3.05, 3.63) is 40.9 Å². The number of hydrogen-bond donors (Lipinski definition) is 2. The number of carbonyl (C=O) groups is 2. The predicted molar refractivity (Wildman–Crippen MR) is 125 cm³/mol. The van der Waals surface area contributed by atoms with Crippen LogP contribution in [0.1, 0.15) is 28.8 Å². The first-order valence-corrected chi connectivity index (χ1v) is 12.8. The maximum Gasteiger partial charge on any atom is 0.247 e. The number of rotatable bonds is 8. The molecule has 2 heterocycles. The number of aromatic nitrogens is 3. The first-order chi connectivity index (χ1) is 16.1. The van der Waals surface area contributed by atoms with Gasteiger partial charge < -0.3 is 10.6 Å². The number of thiazole rings is 1. The second kappa shape index (κ2) is 9.31. The maximum absolute atomic E-state index is 14.9. The summed E-state index contributed by atoms with van der Waals surface area (Å²) >= 11 is 0.906. The molecule has 0 bridgehead atoms. The van der Waals surface area contributed by atoms with Gasteiger partial charge in [-0.3, -0.25) is 9.59 Å². The molecule has 0 saturated heterocycles. The fourth-order valence-electron chi connectivity index (χ4n) is 3.27. The molecule has 1 aliphatic rings. The average Bonchev–Trinajstić information content (AvgIpc) is 3.48. The monoisotopic (exact) mass is 506 g/mol. The van der Waals surface area contributed by atoms with Crippen LogP contribution >= 0.6 is 11.3 Å². The Kier molecular flexibility index (Phi) is 6.60. The third-order valence-corrected chi connectivity index (χ3v) is 8.48. The normalized spacial score (nSPS) is 14.9. The van der Waals surface area contributed by atoms with Gasteiger partial charge in [-0.2, -0.15) is 10.2 Å². The second-order valence-corrected chi connectivity index (χ2v) is 11.5. The Morgan fingerprint density at radius 2 is 1.97 bits per heavy atom. The van der Waals surface area contributed by atoms with Crippen molar-refractivity contribution in [1.29, 1.82) is 0 Å². The van der Waals surface area contributed by atoms with Crippen LogP contribution < -0.4 is 10.6 Å². The summed E-state index contributed by atoms with van der Waals surface area (Å²) in [4.78, 5) is 29.1. The van der Waals surface area contributed by atoms with Crippen LogP contribution in [0.5, 0.6) is 0 Å². The Hall–Kier alpha value is -3.03. The Bertz CT molecular complexity index is 1370. The largest absolute Gasteiger partial charge is 0.352 e. The molecule has 10 nitrogen and oxygen atoms in total. The number of fused-ring (bicyclic) bond motifs is 1. The van der Waals surface area contributed by atoms with Crippen LogP contribution in [0.3, 0.4) is 0 Å². The molecule has 2 N–H and O–H groups in total. The molecule has 1 unspecified atom stereocenters. The number of hydrogen-bond acceptors (Lipinski definition) is 8. The topological polar surface area (TPSA) is 134 Å². The molecule has 2 amide bonds. The summed E-state index contributed by atoms with van der Waals surface area (Å²) in [5.41, 5.74) is 1.77. The Labute approximate surface area is 199 Å². The van der Waals surface area contributed by atoms with Gasteiger partial charge >= 0.3 is 0 Å². The van der Waals surface area contributed by atoms with Crippen molar-refractivity contribution in [2.75, 3.05) is 20.6 Å². The summed E-state index contributed by atoms with van der Waals surface area (Å²) in [6, 6.07) is 4.79. The van der Waals surface area contributed by atoms with Crippen molar-refractivity contribution in [2.45, 2.75) is 31.1 Å². The molecule has 4 rings (SSSR count).